The predicted molar refractivity (Wildman–Crippen MR) is 75.1 cm³/mol. The Balaban J connectivity index is 1.99. The van der Waals surface area contributed by atoms with Crippen LogP contribution in [0.15, 0.2) is 56.2 Å². The summed E-state index contributed by atoms with van der Waals surface area (Å²) in [6.07, 6.45) is 2.92. The van der Waals surface area contributed by atoms with Crippen LogP contribution < -0.4 is 0 Å². The van der Waals surface area contributed by atoms with Crippen LogP contribution in [0.4, 0.5) is 0 Å². The van der Waals surface area contributed by atoms with Crippen molar-refractivity contribution in [3.8, 4) is 5.75 Å². The Hall–Kier alpha value is -2.34. The number of ether oxygens (including phenoxy) is 1. The molecule has 100 valence electrons. The number of phenolic OH excluding ortho intramolecular Hbond substituents is 1. The molecule has 3 rings (SSSR count). The zero-order chi connectivity index (χ0) is 14.1. The van der Waals surface area contributed by atoms with Gasteiger partial charge in [0, 0.05) is 10.0 Å². The highest BCUT2D eigenvalue weighted by Gasteiger charge is 2.26. The van der Waals surface area contributed by atoms with Crippen molar-refractivity contribution >= 4 is 33.9 Å². The summed E-state index contributed by atoms with van der Waals surface area (Å²) in [5, 5.41) is 9.75. The number of hydrogen-bond donors (Lipinski definition) is 1. The van der Waals surface area contributed by atoms with Gasteiger partial charge in [0.2, 0.25) is 0 Å². The molecule has 2 aromatic rings. The molecule has 0 atom stereocenters. The number of aromatic hydroxyl groups is 1. The average molecular weight is 334 g/mol. The van der Waals surface area contributed by atoms with Gasteiger partial charge in [-0.1, -0.05) is 15.9 Å². The minimum Gasteiger partial charge on any atom is -0.507 e. The second-order valence-electron chi connectivity index (χ2n) is 4.02. The van der Waals surface area contributed by atoms with Gasteiger partial charge < -0.3 is 14.3 Å². The monoisotopic (exact) mass is 333 g/mol. The summed E-state index contributed by atoms with van der Waals surface area (Å²) < 4.78 is 10.9. The Labute approximate surface area is 122 Å². The van der Waals surface area contributed by atoms with Gasteiger partial charge in [-0.05, 0) is 36.4 Å². The Kier molecular flexibility index (Phi) is 3.15. The third kappa shape index (κ3) is 2.37. The van der Waals surface area contributed by atoms with Crippen molar-refractivity contribution in [2.75, 3.05) is 0 Å². The standard InChI is InChI=1S/C14H8BrNO4/c15-9-3-4-11(17)8(6-9)7-10-14(18)20-13(16-10)12-2-1-5-19-12/h1-7,17H/b10-7+. The zero-order valence-corrected chi connectivity index (χ0v) is 11.6. The summed E-state index contributed by atoms with van der Waals surface area (Å²) in [5.41, 5.74) is 0.570. The second-order valence-corrected chi connectivity index (χ2v) is 4.93. The van der Waals surface area contributed by atoms with E-state index in [4.69, 9.17) is 9.15 Å². The first-order valence-electron chi connectivity index (χ1n) is 5.68. The molecule has 2 heterocycles. The van der Waals surface area contributed by atoms with Crippen LogP contribution in [0, 0.1) is 0 Å². The van der Waals surface area contributed by atoms with Gasteiger partial charge in [0.1, 0.15) is 5.75 Å². The van der Waals surface area contributed by atoms with Crippen LogP contribution in [-0.2, 0) is 9.53 Å². The summed E-state index contributed by atoms with van der Waals surface area (Å²) in [5.74, 6) is -0.0492. The van der Waals surface area contributed by atoms with Gasteiger partial charge in [-0.25, -0.2) is 9.79 Å². The van der Waals surface area contributed by atoms with E-state index in [1.165, 1.54) is 18.4 Å². The molecule has 20 heavy (non-hydrogen) atoms. The van der Waals surface area contributed by atoms with E-state index in [0.29, 0.717) is 11.3 Å². The number of nitrogens with zero attached hydrogens (tertiary/aromatic N) is 1. The first-order valence-corrected chi connectivity index (χ1v) is 6.48. The molecule has 1 N–H and O–H groups in total. The minimum absolute atomic E-state index is 0.0511. The largest absolute Gasteiger partial charge is 0.507 e. The highest BCUT2D eigenvalue weighted by atomic mass is 79.9. The minimum atomic E-state index is -0.587. The number of benzene rings is 1. The summed E-state index contributed by atoms with van der Waals surface area (Å²) >= 11 is 3.30. The van der Waals surface area contributed by atoms with Crippen LogP contribution in [0.2, 0.25) is 0 Å². The maximum atomic E-state index is 11.7. The van der Waals surface area contributed by atoms with E-state index >= 15 is 0 Å². The fourth-order valence-electron chi connectivity index (χ4n) is 1.70. The van der Waals surface area contributed by atoms with Gasteiger partial charge in [0.15, 0.2) is 11.5 Å². The molecule has 5 nitrogen and oxygen atoms in total. The van der Waals surface area contributed by atoms with Crippen LogP contribution in [0.5, 0.6) is 5.75 Å². The quantitative estimate of drug-likeness (QED) is 0.677. The number of cyclic esters (lactones) is 1. The normalized spacial score (nSPS) is 16.4. The molecule has 0 saturated carbocycles. The molecule has 0 unspecified atom stereocenters. The SMILES string of the molecule is O=C1OC(c2ccco2)=N/C1=C/c1cc(Br)ccc1O. The fourth-order valence-corrected chi connectivity index (χ4v) is 2.08. The number of furan rings is 1. The molecule has 0 radical (unpaired) electrons. The van der Waals surface area contributed by atoms with Crippen LogP contribution >= 0.6 is 15.9 Å². The molecule has 1 aromatic carbocycles. The number of phenols is 1. The predicted octanol–water partition coefficient (Wildman–Crippen LogP) is 3.09. The third-order valence-corrected chi connectivity index (χ3v) is 3.13. The highest BCUT2D eigenvalue weighted by Crippen LogP contribution is 2.26. The smallest absolute Gasteiger partial charge is 0.363 e. The Morgan fingerprint density at radius 2 is 2.15 bits per heavy atom. The van der Waals surface area contributed by atoms with Gasteiger partial charge in [0.25, 0.3) is 5.90 Å². The van der Waals surface area contributed by atoms with Crippen molar-refractivity contribution in [1.82, 2.24) is 0 Å². The van der Waals surface area contributed by atoms with E-state index < -0.39 is 5.97 Å². The Morgan fingerprint density at radius 1 is 1.30 bits per heavy atom. The average Bonchev–Trinajstić information content (AvgIpc) is 3.04. The van der Waals surface area contributed by atoms with Crippen LogP contribution in [0.25, 0.3) is 6.08 Å². The number of carbonyl (C=O) groups is 1. The summed E-state index contributed by atoms with van der Waals surface area (Å²) in [6.45, 7) is 0. The van der Waals surface area contributed by atoms with Crippen molar-refractivity contribution < 1.29 is 19.1 Å². The summed E-state index contributed by atoms with van der Waals surface area (Å²) in [7, 11) is 0. The zero-order valence-electron chi connectivity index (χ0n) is 10.0. The van der Waals surface area contributed by atoms with Crippen LogP contribution in [0.1, 0.15) is 11.3 Å². The van der Waals surface area contributed by atoms with Gasteiger partial charge in [-0.3, -0.25) is 0 Å². The number of carbonyl (C=O) groups excluding carboxylic acids is 1. The molecular weight excluding hydrogens is 326 g/mol. The number of hydrogen-bond acceptors (Lipinski definition) is 5. The number of aliphatic imine (C=N–C) groups is 1. The molecule has 0 fully saturated rings. The maximum Gasteiger partial charge on any atom is 0.363 e. The fraction of sp³-hybridized carbons (Fsp3) is 0. The van der Waals surface area contributed by atoms with E-state index in [1.807, 2.05) is 0 Å². The molecule has 6 heteroatoms. The topological polar surface area (TPSA) is 72.0 Å². The van der Waals surface area contributed by atoms with Crippen LogP contribution in [-0.4, -0.2) is 17.0 Å². The summed E-state index contributed by atoms with van der Waals surface area (Å²) in [4.78, 5) is 15.8. The lowest BCUT2D eigenvalue weighted by molar-refractivity contribution is -0.130. The van der Waals surface area contributed by atoms with Crippen LogP contribution in [0.3, 0.4) is 0 Å². The molecule has 1 aliphatic rings. The number of halogens is 1. The van der Waals surface area contributed by atoms with Gasteiger partial charge in [0.05, 0.1) is 6.26 Å². The van der Waals surface area contributed by atoms with Crippen molar-refractivity contribution in [3.63, 3.8) is 0 Å². The molecule has 1 aliphatic heterocycles. The molecule has 0 bridgehead atoms. The van der Waals surface area contributed by atoms with Gasteiger partial charge in [-0.15, -0.1) is 0 Å². The van der Waals surface area contributed by atoms with E-state index in [9.17, 15) is 9.90 Å². The van der Waals surface area contributed by atoms with Crippen molar-refractivity contribution in [2.45, 2.75) is 0 Å². The second kappa shape index (κ2) is 4.97. The van der Waals surface area contributed by atoms with E-state index in [-0.39, 0.29) is 17.3 Å². The lowest BCUT2D eigenvalue weighted by Gasteiger charge is -1.99. The summed E-state index contributed by atoms with van der Waals surface area (Å²) in [6, 6.07) is 8.21. The van der Waals surface area contributed by atoms with Crippen molar-refractivity contribution in [2.24, 2.45) is 4.99 Å². The Morgan fingerprint density at radius 3 is 2.90 bits per heavy atom. The molecular formula is C14H8BrNO4. The number of esters is 1. The lowest BCUT2D eigenvalue weighted by Crippen LogP contribution is -2.04. The van der Waals surface area contributed by atoms with Crippen molar-refractivity contribution in [1.29, 1.82) is 0 Å². The van der Waals surface area contributed by atoms with E-state index in [0.717, 1.165) is 4.47 Å². The first-order chi connectivity index (χ1) is 9.63. The molecule has 1 aromatic heterocycles. The first kappa shape index (κ1) is 12.7. The maximum absolute atomic E-state index is 11.7. The molecule has 0 amide bonds. The number of rotatable bonds is 2. The Bertz CT molecular complexity index is 732. The molecule has 0 aliphatic carbocycles. The molecule has 0 spiro atoms. The third-order valence-electron chi connectivity index (χ3n) is 2.63. The highest BCUT2D eigenvalue weighted by molar-refractivity contribution is 9.10. The van der Waals surface area contributed by atoms with Gasteiger partial charge >= 0.3 is 5.97 Å². The molecule has 0 saturated heterocycles. The van der Waals surface area contributed by atoms with E-state index in [1.54, 1.807) is 24.3 Å². The van der Waals surface area contributed by atoms with Crippen molar-refractivity contribution in [3.05, 3.63) is 58.1 Å². The van der Waals surface area contributed by atoms with E-state index in [2.05, 4.69) is 20.9 Å². The van der Waals surface area contributed by atoms with Gasteiger partial charge in [-0.2, -0.15) is 0 Å². The lowest BCUT2D eigenvalue weighted by atomic mass is 10.1.